The number of carboxylic acid groups (broad SMARTS) is 1. The van der Waals surface area contributed by atoms with E-state index in [0.29, 0.717) is 19.0 Å². The number of fused-ring (bicyclic) bond motifs is 2. The quantitative estimate of drug-likeness (QED) is 0.710. The lowest BCUT2D eigenvalue weighted by atomic mass is 9.55. The van der Waals surface area contributed by atoms with Gasteiger partial charge in [-0.1, -0.05) is 12.2 Å². The van der Waals surface area contributed by atoms with Crippen molar-refractivity contribution < 1.29 is 23.8 Å². The monoisotopic (exact) mass is 442 g/mol. The molecule has 4 aliphatic carbocycles. The first-order chi connectivity index (χ1) is 15.3. The van der Waals surface area contributed by atoms with Crippen molar-refractivity contribution in [3.05, 3.63) is 51.8 Å². The number of aliphatic hydroxyl groups is 1. The number of allylic oxidation sites excluding steroid dienone is 1. The number of hydrogen-bond donors (Lipinski definition) is 2. The van der Waals surface area contributed by atoms with Crippen LogP contribution in [0.2, 0.25) is 0 Å². The molecule has 168 valence electrons. The van der Waals surface area contributed by atoms with Crippen LogP contribution >= 0.6 is 0 Å². The first-order valence-electron chi connectivity index (χ1n) is 11.2. The van der Waals surface area contributed by atoms with Gasteiger partial charge in [-0.3, -0.25) is 4.79 Å². The second-order valence-corrected chi connectivity index (χ2v) is 9.86. The lowest BCUT2D eigenvalue weighted by Gasteiger charge is -2.49. The zero-order valence-corrected chi connectivity index (χ0v) is 17.4. The number of hydrogen-bond acceptors (Lipinski definition) is 4. The van der Waals surface area contributed by atoms with Gasteiger partial charge in [-0.05, 0) is 49.5 Å². The maximum Gasteiger partial charge on any atom is 0.341 e. The average Bonchev–Trinajstić information content (AvgIpc) is 3.52. The molecule has 32 heavy (non-hydrogen) atoms. The molecule has 6 nitrogen and oxygen atoms in total. The van der Waals surface area contributed by atoms with Crippen molar-refractivity contribution in [1.82, 2.24) is 4.57 Å². The molecule has 5 aliphatic rings. The summed E-state index contributed by atoms with van der Waals surface area (Å²) in [7, 11) is 0. The van der Waals surface area contributed by atoms with Crippen LogP contribution in [0.4, 0.5) is 14.5 Å². The van der Waals surface area contributed by atoms with E-state index in [2.05, 4.69) is 12.2 Å². The van der Waals surface area contributed by atoms with Crippen LogP contribution in [0.3, 0.4) is 0 Å². The number of benzene rings is 1. The molecule has 2 saturated carbocycles. The standard InChI is InChI=1S/C24H24F2N2O4/c25-18-7-14-20(28(13-1-2-13)9-16(22(14)30)23(31)32)19(26)21(18)27-8-15-12-3-5-24(11-29,6-4-12)17(15)10-27/h3,5,7,9,12-13,15,17,29H,1-2,4,6,8,10-11H2,(H,31,32). The minimum Gasteiger partial charge on any atom is -0.477 e. The Balaban J connectivity index is 1.50. The van der Waals surface area contributed by atoms with E-state index in [1.165, 1.54) is 10.8 Å². The Morgan fingerprint density at radius 2 is 2.00 bits per heavy atom. The van der Waals surface area contributed by atoms with E-state index < -0.39 is 28.6 Å². The molecule has 2 bridgehead atoms. The van der Waals surface area contributed by atoms with Crippen molar-refractivity contribution in [3.63, 3.8) is 0 Å². The number of aliphatic hydroxyl groups excluding tert-OH is 1. The molecule has 0 radical (unpaired) electrons. The molecular formula is C24H24F2N2O4. The smallest absolute Gasteiger partial charge is 0.341 e. The third-order valence-corrected chi connectivity index (χ3v) is 8.24. The number of anilines is 1. The molecule has 3 fully saturated rings. The Morgan fingerprint density at radius 1 is 1.22 bits per heavy atom. The first kappa shape index (κ1) is 19.9. The van der Waals surface area contributed by atoms with Crippen molar-refractivity contribution in [2.45, 2.75) is 31.7 Å². The zero-order valence-electron chi connectivity index (χ0n) is 17.4. The molecule has 1 saturated heterocycles. The van der Waals surface area contributed by atoms with Crippen molar-refractivity contribution in [2.75, 3.05) is 24.6 Å². The third-order valence-electron chi connectivity index (χ3n) is 8.24. The summed E-state index contributed by atoms with van der Waals surface area (Å²) in [6.45, 7) is 0.945. The third kappa shape index (κ3) is 2.59. The van der Waals surface area contributed by atoms with Crippen molar-refractivity contribution in [1.29, 1.82) is 0 Å². The van der Waals surface area contributed by atoms with Gasteiger partial charge in [0.15, 0.2) is 5.82 Å². The Bertz CT molecular complexity index is 1250. The summed E-state index contributed by atoms with van der Waals surface area (Å²) in [5, 5.41) is 19.3. The van der Waals surface area contributed by atoms with E-state index in [0.717, 1.165) is 31.7 Å². The Labute approximate surface area is 182 Å². The second-order valence-electron chi connectivity index (χ2n) is 9.86. The highest BCUT2D eigenvalue weighted by atomic mass is 19.1. The largest absolute Gasteiger partial charge is 0.477 e. The molecule has 1 aliphatic heterocycles. The molecule has 0 spiro atoms. The number of pyridine rings is 1. The van der Waals surface area contributed by atoms with Crippen LogP contribution in [0.1, 0.15) is 42.1 Å². The Hall–Kier alpha value is -2.74. The number of aromatic nitrogens is 1. The Kier molecular flexibility index (Phi) is 4.13. The molecular weight excluding hydrogens is 418 g/mol. The van der Waals surface area contributed by atoms with Gasteiger partial charge in [0.1, 0.15) is 17.1 Å². The molecule has 2 aromatic rings. The fourth-order valence-corrected chi connectivity index (χ4v) is 6.41. The highest BCUT2D eigenvalue weighted by Crippen LogP contribution is 2.56. The second kappa shape index (κ2) is 6.63. The number of nitrogens with zero attached hydrogens (tertiary/aromatic N) is 2. The van der Waals surface area contributed by atoms with Crippen LogP contribution in [-0.4, -0.2) is 40.4 Å². The van der Waals surface area contributed by atoms with Gasteiger partial charge in [-0.25, -0.2) is 13.6 Å². The van der Waals surface area contributed by atoms with E-state index >= 15 is 8.78 Å². The fourth-order valence-electron chi connectivity index (χ4n) is 6.41. The number of rotatable bonds is 4. The summed E-state index contributed by atoms with van der Waals surface area (Å²) >= 11 is 0. The van der Waals surface area contributed by atoms with Crippen LogP contribution in [0, 0.1) is 34.8 Å². The van der Waals surface area contributed by atoms with Gasteiger partial charge >= 0.3 is 5.97 Å². The highest BCUT2D eigenvalue weighted by Gasteiger charge is 2.54. The van der Waals surface area contributed by atoms with Gasteiger partial charge in [0.25, 0.3) is 0 Å². The summed E-state index contributed by atoms with van der Waals surface area (Å²) in [5.74, 6) is -2.39. The van der Waals surface area contributed by atoms with Gasteiger partial charge in [-0.15, -0.1) is 0 Å². The molecule has 1 aromatic heterocycles. The predicted octanol–water partition coefficient (Wildman–Crippen LogP) is 3.32. The van der Waals surface area contributed by atoms with E-state index in [9.17, 15) is 19.8 Å². The SMILES string of the molecule is O=C(O)c1cn(C2CC2)c2c(F)c(N3CC4C5C=CC(CO)(CC5)C4C3)c(F)cc2c1=O. The zero-order chi connectivity index (χ0) is 22.4. The van der Waals surface area contributed by atoms with Crippen molar-refractivity contribution in [3.8, 4) is 0 Å². The van der Waals surface area contributed by atoms with Crippen LogP contribution < -0.4 is 10.3 Å². The number of halogens is 2. The van der Waals surface area contributed by atoms with Gasteiger partial charge < -0.3 is 19.7 Å². The highest BCUT2D eigenvalue weighted by molar-refractivity contribution is 5.94. The van der Waals surface area contributed by atoms with E-state index in [4.69, 9.17) is 0 Å². The number of aromatic carboxylic acids is 1. The molecule has 8 heteroatoms. The van der Waals surface area contributed by atoms with Gasteiger partial charge in [0.05, 0.1) is 17.5 Å². The van der Waals surface area contributed by atoms with Crippen molar-refractivity contribution in [2.24, 2.45) is 23.2 Å². The Morgan fingerprint density at radius 3 is 2.62 bits per heavy atom. The van der Waals surface area contributed by atoms with Crippen molar-refractivity contribution >= 4 is 22.6 Å². The van der Waals surface area contributed by atoms with Gasteiger partial charge in [0, 0.05) is 30.7 Å². The summed E-state index contributed by atoms with van der Waals surface area (Å²) < 4.78 is 32.8. The van der Waals surface area contributed by atoms with E-state index in [1.807, 2.05) is 0 Å². The molecule has 1 aromatic carbocycles. The minimum atomic E-state index is -1.41. The summed E-state index contributed by atoms with van der Waals surface area (Å²) in [6.07, 6.45) is 8.79. The summed E-state index contributed by atoms with van der Waals surface area (Å²) in [4.78, 5) is 26.0. The molecule has 0 amide bonds. The van der Waals surface area contributed by atoms with Gasteiger partial charge in [-0.2, -0.15) is 0 Å². The van der Waals surface area contributed by atoms with E-state index in [1.54, 1.807) is 4.90 Å². The molecule has 4 unspecified atom stereocenters. The summed E-state index contributed by atoms with van der Waals surface area (Å²) in [5.41, 5.74) is -1.87. The van der Waals surface area contributed by atoms with Crippen LogP contribution in [0.15, 0.2) is 29.2 Å². The van der Waals surface area contributed by atoms with E-state index in [-0.39, 0.29) is 46.5 Å². The maximum absolute atomic E-state index is 16.0. The minimum absolute atomic E-state index is 0.0209. The maximum atomic E-state index is 16.0. The molecule has 2 N–H and O–H groups in total. The van der Waals surface area contributed by atoms with Gasteiger partial charge in [0.2, 0.25) is 5.43 Å². The molecule has 2 heterocycles. The lowest BCUT2D eigenvalue weighted by Crippen LogP contribution is -2.46. The summed E-state index contributed by atoms with van der Waals surface area (Å²) in [6, 6.07) is 0.903. The van der Waals surface area contributed by atoms with Crippen LogP contribution in [-0.2, 0) is 0 Å². The molecule has 7 rings (SSSR count). The first-order valence-corrected chi connectivity index (χ1v) is 11.2. The van der Waals surface area contributed by atoms with Crippen LogP contribution in [0.25, 0.3) is 10.9 Å². The number of carbonyl (C=O) groups is 1. The normalized spacial score (nSPS) is 30.8. The predicted molar refractivity (Wildman–Crippen MR) is 114 cm³/mol. The average molecular weight is 442 g/mol. The van der Waals surface area contributed by atoms with Crippen LogP contribution in [0.5, 0.6) is 0 Å². The fraction of sp³-hybridized carbons (Fsp3) is 0.500. The topological polar surface area (TPSA) is 82.8 Å². The lowest BCUT2D eigenvalue weighted by molar-refractivity contribution is 0.0200. The molecule has 4 atom stereocenters. The number of carboxylic acids is 1.